The topological polar surface area (TPSA) is 133 Å². The lowest BCUT2D eigenvalue weighted by Crippen LogP contribution is -2.52. The van der Waals surface area contributed by atoms with Gasteiger partial charge in [0.25, 0.3) is 5.56 Å². The molecule has 2 fully saturated rings. The van der Waals surface area contributed by atoms with E-state index in [-0.39, 0.29) is 41.0 Å². The van der Waals surface area contributed by atoms with Crippen LogP contribution < -0.4 is 26.9 Å². The summed E-state index contributed by atoms with van der Waals surface area (Å²) in [5, 5.41) is 12.8. The summed E-state index contributed by atoms with van der Waals surface area (Å²) in [6, 6.07) is 7.43. The minimum Gasteiger partial charge on any atom is -0.477 e. The Morgan fingerprint density at radius 3 is 2.49 bits per heavy atom. The first-order valence-corrected chi connectivity index (χ1v) is 16.0. The van der Waals surface area contributed by atoms with Gasteiger partial charge in [-0.05, 0) is 69.8 Å². The summed E-state index contributed by atoms with van der Waals surface area (Å²) >= 11 is 6.17. The molecule has 0 bridgehead atoms. The van der Waals surface area contributed by atoms with Gasteiger partial charge in [-0.3, -0.25) is 24.0 Å². The van der Waals surface area contributed by atoms with E-state index in [9.17, 15) is 24.3 Å². The summed E-state index contributed by atoms with van der Waals surface area (Å²) in [4.78, 5) is 56.4. The second-order valence-electron chi connectivity index (χ2n) is 12.3. The number of aromatic nitrogens is 3. The standard InChI is InChI=1S/C33H35ClF2N6O5/c1-18-5-6-20(13-24(18)34)37-26-15-27(43)41(33(47)38-26)10-4-3-9-39-11-12-40(16-19(39)2)30-25(35)14-22-29(28(30)36)42(21-7-8-21)17-23(31(22)44)32(45)46/h5-6,13-15,17,19,21,37H,3-4,7-12,16H2,1-2H3,(H,38,47)(H,45,46). The Morgan fingerprint density at radius 1 is 1.09 bits per heavy atom. The number of aromatic carboxylic acids is 1. The van der Waals surface area contributed by atoms with E-state index in [2.05, 4.69) is 15.2 Å². The monoisotopic (exact) mass is 668 g/mol. The largest absolute Gasteiger partial charge is 0.477 e. The molecule has 14 heteroatoms. The van der Waals surface area contributed by atoms with Gasteiger partial charge in [-0.2, -0.15) is 0 Å². The van der Waals surface area contributed by atoms with Gasteiger partial charge in [0.15, 0.2) is 5.82 Å². The van der Waals surface area contributed by atoms with Crippen LogP contribution in [-0.4, -0.2) is 62.3 Å². The summed E-state index contributed by atoms with van der Waals surface area (Å²) in [6.45, 7) is 5.93. The Balaban J connectivity index is 1.09. The Morgan fingerprint density at radius 2 is 1.83 bits per heavy atom. The average Bonchev–Trinajstić information content (AvgIpc) is 3.85. The zero-order valence-electron chi connectivity index (χ0n) is 26.0. The van der Waals surface area contributed by atoms with Gasteiger partial charge in [0, 0.05) is 61.2 Å². The molecule has 0 spiro atoms. The molecule has 3 heterocycles. The van der Waals surface area contributed by atoms with Gasteiger partial charge in [0.2, 0.25) is 5.43 Å². The van der Waals surface area contributed by atoms with Crippen molar-refractivity contribution in [3.05, 3.63) is 95.4 Å². The van der Waals surface area contributed by atoms with Crippen LogP contribution in [0.3, 0.4) is 0 Å². The van der Waals surface area contributed by atoms with Crippen LogP contribution in [0.5, 0.6) is 0 Å². The number of carbonyl (C=O) groups is 1. The molecule has 1 atom stereocenters. The fourth-order valence-electron chi connectivity index (χ4n) is 6.26. The van der Waals surface area contributed by atoms with Crippen molar-refractivity contribution in [2.75, 3.05) is 36.4 Å². The van der Waals surface area contributed by atoms with Crippen LogP contribution in [0.2, 0.25) is 5.02 Å². The zero-order valence-corrected chi connectivity index (χ0v) is 26.7. The van der Waals surface area contributed by atoms with Gasteiger partial charge in [-0.25, -0.2) is 18.4 Å². The van der Waals surface area contributed by atoms with Crippen LogP contribution in [0, 0.1) is 18.6 Å². The normalized spacial score (nSPS) is 17.0. The van der Waals surface area contributed by atoms with Crippen LogP contribution in [-0.2, 0) is 6.54 Å². The number of fused-ring (bicyclic) bond motifs is 1. The molecule has 47 heavy (non-hydrogen) atoms. The summed E-state index contributed by atoms with van der Waals surface area (Å²) in [5.41, 5.74) is -1.10. The SMILES string of the molecule is Cc1ccc(Nc2cc(=O)n(CCCCN3CCN(c4c(F)cc5c(=O)c(C(=O)O)cn(C6CC6)c5c4F)CC3C)c(=O)[nH]2)cc1Cl. The van der Waals surface area contributed by atoms with Crippen molar-refractivity contribution in [2.45, 2.75) is 58.2 Å². The van der Waals surface area contributed by atoms with Crippen molar-refractivity contribution >= 4 is 45.7 Å². The first-order chi connectivity index (χ1) is 22.4. The maximum Gasteiger partial charge on any atom is 0.341 e. The lowest BCUT2D eigenvalue weighted by Gasteiger charge is -2.41. The van der Waals surface area contributed by atoms with E-state index in [0.717, 1.165) is 16.2 Å². The van der Waals surface area contributed by atoms with Crippen molar-refractivity contribution in [2.24, 2.45) is 0 Å². The third-order valence-corrected chi connectivity index (χ3v) is 9.39. The fourth-order valence-corrected chi connectivity index (χ4v) is 6.44. The number of carboxylic acids is 1. The van der Waals surface area contributed by atoms with Gasteiger partial charge < -0.3 is 19.9 Å². The molecule has 1 unspecified atom stereocenters. The second kappa shape index (κ2) is 13.0. The number of anilines is 3. The van der Waals surface area contributed by atoms with E-state index in [0.29, 0.717) is 62.6 Å². The number of H-pyrrole nitrogens is 1. The first-order valence-electron chi connectivity index (χ1n) is 15.6. The second-order valence-corrected chi connectivity index (χ2v) is 12.7. The number of aryl methyl sites for hydroxylation is 1. The average molecular weight is 669 g/mol. The molecule has 2 aliphatic rings. The lowest BCUT2D eigenvalue weighted by atomic mass is 10.1. The molecule has 11 nitrogen and oxygen atoms in total. The minimum atomic E-state index is -1.44. The van der Waals surface area contributed by atoms with Gasteiger partial charge in [0.05, 0.1) is 10.9 Å². The zero-order chi connectivity index (χ0) is 33.6. The molecule has 2 aromatic carbocycles. The smallest absolute Gasteiger partial charge is 0.341 e. The number of halogens is 3. The van der Waals surface area contributed by atoms with E-state index < -0.39 is 39.8 Å². The van der Waals surface area contributed by atoms with Gasteiger partial charge in [-0.15, -0.1) is 0 Å². The highest BCUT2D eigenvalue weighted by Crippen LogP contribution is 2.40. The van der Waals surface area contributed by atoms with E-state index in [4.69, 9.17) is 11.6 Å². The van der Waals surface area contributed by atoms with E-state index in [1.807, 2.05) is 19.9 Å². The van der Waals surface area contributed by atoms with E-state index in [1.165, 1.54) is 16.8 Å². The molecule has 248 valence electrons. The Labute approximate surface area is 273 Å². The predicted octanol–water partition coefficient (Wildman–Crippen LogP) is 4.86. The number of aromatic amines is 1. The van der Waals surface area contributed by atoms with Crippen LogP contribution in [0.4, 0.5) is 26.0 Å². The molecule has 1 aliphatic heterocycles. The summed E-state index contributed by atoms with van der Waals surface area (Å²) < 4.78 is 34.1. The molecule has 1 saturated heterocycles. The number of nitrogens with zero attached hydrogens (tertiary/aromatic N) is 4. The molecule has 1 saturated carbocycles. The summed E-state index contributed by atoms with van der Waals surface area (Å²) in [5.74, 6) is -2.93. The number of hydrogen-bond acceptors (Lipinski definition) is 7. The van der Waals surface area contributed by atoms with Gasteiger partial charge >= 0.3 is 11.7 Å². The Kier molecular flexibility index (Phi) is 8.95. The number of hydrogen-bond donors (Lipinski definition) is 3. The Hall–Kier alpha value is -4.49. The maximum absolute atomic E-state index is 16.1. The number of benzene rings is 2. The minimum absolute atomic E-state index is 0.0648. The highest BCUT2D eigenvalue weighted by molar-refractivity contribution is 6.31. The van der Waals surface area contributed by atoms with Crippen LogP contribution in [0.1, 0.15) is 54.6 Å². The van der Waals surface area contributed by atoms with Crippen molar-refractivity contribution in [3.8, 4) is 0 Å². The number of rotatable bonds is 10. The molecule has 4 aromatic rings. The molecular formula is C33H35ClF2N6O5. The molecular weight excluding hydrogens is 634 g/mol. The first kappa shape index (κ1) is 32.5. The van der Waals surface area contributed by atoms with E-state index in [1.54, 1.807) is 17.0 Å². The predicted molar refractivity (Wildman–Crippen MR) is 177 cm³/mol. The number of unbranched alkanes of at least 4 members (excludes halogenated alkanes) is 1. The maximum atomic E-state index is 16.1. The van der Waals surface area contributed by atoms with Gasteiger partial charge in [-0.1, -0.05) is 17.7 Å². The molecule has 6 rings (SSSR count). The summed E-state index contributed by atoms with van der Waals surface area (Å²) in [7, 11) is 0. The molecule has 0 radical (unpaired) electrons. The molecule has 3 N–H and O–H groups in total. The fraction of sp³-hybridized carbons (Fsp3) is 0.394. The highest BCUT2D eigenvalue weighted by atomic mass is 35.5. The van der Waals surface area contributed by atoms with Crippen LogP contribution in [0.25, 0.3) is 10.9 Å². The van der Waals surface area contributed by atoms with Gasteiger partial charge in [0.1, 0.15) is 22.9 Å². The number of carboxylic acid groups (broad SMARTS) is 1. The van der Waals surface area contributed by atoms with E-state index >= 15 is 8.78 Å². The lowest BCUT2D eigenvalue weighted by molar-refractivity contribution is 0.0694. The number of nitrogens with one attached hydrogen (secondary N) is 2. The third-order valence-electron chi connectivity index (χ3n) is 8.98. The van der Waals surface area contributed by atoms with Crippen molar-refractivity contribution in [1.29, 1.82) is 0 Å². The third kappa shape index (κ3) is 6.54. The van der Waals surface area contributed by atoms with Crippen molar-refractivity contribution in [3.63, 3.8) is 0 Å². The molecule has 2 aromatic heterocycles. The number of piperazine rings is 1. The van der Waals surface area contributed by atoms with Crippen molar-refractivity contribution < 1.29 is 18.7 Å². The molecule has 1 aliphatic carbocycles. The summed E-state index contributed by atoms with van der Waals surface area (Å²) in [6.07, 6.45) is 3.87. The molecule has 0 amide bonds. The highest BCUT2D eigenvalue weighted by Gasteiger charge is 2.33. The number of pyridine rings is 1. The van der Waals surface area contributed by atoms with Crippen LogP contribution in [0.15, 0.2) is 50.9 Å². The quantitative estimate of drug-likeness (QED) is 0.204. The van der Waals surface area contributed by atoms with Crippen LogP contribution >= 0.6 is 11.6 Å². The van der Waals surface area contributed by atoms with Crippen molar-refractivity contribution in [1.82, 2.24) is 19.0 Å². The Bertz CT molecular complexity index is 2030.